The zero-order valence-corrected chi connectivity index (χ0v) is 13.0. The minimum Gasteiger partial charge on any atom is -0.355 e. The molecule has 1 aromatic carbocycles. The molecule has 0 saturated heterocycles. The van der Waals surface area contributed by atoms with Crippen molar-refractivity contribution in [3.05, 3.63) is 47.3 Å². The van der Waals surface area contributed by atoms with Crippen LogP contribution < -0.4 is 10.6 Å². The van der Waals surface area contributed by atoms with Gasteiger partial charge >= 0.3 is 0 Å². The van der Waals surface area contributed by atoms with Crippen LogP contribution in [-0.4, -0.2) is 25.5 Å². The average molecular weight is 304 g/mol. The normalized spacial score (nSPS) is 14.5. The van der Waals surface area contributed by atoms with E-state index in [1.54, 1.807) is 12.1 Å². The fraction of sp³-hybridized carbons (Fsp3) is 0.500. The van der Waals surface area contributed by atoms with Gasteiger partial charge in [0.15, 0.2) is 0 Å². The van der Waals surface area contributed by atoms with Crippen molar-refractivity contribution in [2.45, 2.75) is 38.5 Å². The first kappa shape index (κ1) is 16.7. The SMILES string of the molecule is O=C(CNCCc1ccc(F)cc1)NCCC1=CCCCC1. The highest BCUT2D eigenvalue weighted by molar-refractivity contribution is 5.77. The van der Waals surface area contributed by atoms with Crippen LogP contribution in [0.4, 0.5) is 4.39 Å². The fourth-order valence-corrected chi connectivity index (χ4v) is 2.64. The Hall–Kier alpha value is -1.68. The van der Waals surface area contributed by atoms with Gasteiger partial charge in [-0.05, 0) is 62.8 Å². The zero-order chi connectivity index (χ0) is 15.6. The van der Waals surface area contributed by atoms with Crippen LogP contribution in [-0.2, 0) is 11.2 Å². The van der Waals surface area contributed by atoms with Gasteiger partial charge in [-0.25, -0.2) is 4.39 Å². The number of carbonyl (C=O) groups is 1. The molecule has 2 rings (SSSR count). The zero-order valence-electron chi connectivity index (χ0n) is 13.0. The molecular formula is C18H25FN2O. The third-order valence-corrected chi connectivity index (χ3v) is 3.94. The Kier molecular flexibility index (Phi) is 7.10. The molecule has 0 radical (unpaired) electrons. The number of rotatable bonds is 8. The van der Waals surface area contributed by atoms with Crippen molar-refractivity contribution in [3.63, 3.8) is 0 Å². The summed E-state index contributed by atoms with van der Waals surface area (Å²) in [5, 5.41) is 6.06. The lowest BCUT2D eigenvalue weighted by Crippen LogP contribution is -2.35. The highest BCUT2D eigenvalue weighted by Gasteiger charge is 2.05. The van der Waals surface area contributed by atoms with Crippen molar-refractivity contribution < 1.29 is 9.18 Å². The molecule has 1 amide bonds. The van der Waals surface area contributed by atoms with E-state index in [0.717, 1.165) is 24.9 Å². The molecule has 0 unspecified atom stereocenters. The maximum atomic E-state index is 12.8. The molecule has 0 atom stereocenters. The molecule has 0 aliphatic heterocycles. The van der Waals surface area contributed by atoms with E-state index in [1.165, 1.54) is 43.4 Å². The fourth-order valence-electron chi connectivity index (χ4n) is 2.64. The molecule has 1 aromatic rings. The Morgan fingerprint density at radius 1 is 1.09 bits per heavy atom. The molecule has 0 spiro atoms. The summed E-state index contributed by atoms with van der Waals surface area (Å²) in [7, 11) is 0. The third-order valence-electron chi connectivity index (χ3n) is 3.94. The van der Waals surface area contributed by atoms with Crippen molar-refractivity contribution in [2.75, 3.05) is 19.6 Å². The van der Waals surface area contributed by atoms with E-state index in [2.05, 4.69) is 16.7 Å². The molecule has 1 aliphatic rings. The van der Waals surface area contributed by atoms with Crippen molar-refractivity contribution in [1.82, 2.24) is 10.6 Å². The third kappa shape index (κ3) is 6.39. The topological polar surface area (TPSA) is 41.1 Å². The second kappa shape index (κ2) is 9.36. The van der Waals surface area contributed by atoms with Gasteiger partial charge in [0.1, 0.15) is 5.82 Å². The number of allylic oxidation sites excluding steroid dienone is 1. The summed E-state index contributed by atoms with van der Waals surface area (Å²) in [4.78, 5) is 11.7. The quantitative estimate of drug-likeness (QED) is 0.573. The molecule has 120 valence electrons. The number of hydrogen-bond donors (Lipinski definition) is 2. The van der Waals surface area contributed by atoms with Crippen LogP contribution in [0.25, 0.3) is 0 Å². The Morgan fingerprint density at radius 2 is 1.91 bits per heavy atom. The highest BCUT2D eigenvalue weighted by Crippen LogP contribution is 2.19. The molecule has 2 N–H and O–H groups in total. The van der Waals surface area contributed by atoms with Crippen LogP contribution in [0.1, 0.15) is 37.7 Å². The largest absolute Gasteiger partial charge is 0.355 e. The van der Waals surface area contributed by atoms with E-state index in [9.17, 15) is 9.18 Å². The number of halogens is 1. The predicted octanol–water partition coefficient (Wildman–Crippen LogP) is 2.96. The van der Waals surface area contributed by atoms with Gasteiger partial charge in [0.25, 0.3) is 0 Å². The summed E-state index contributed by atoms with van der Waals surface area (Å²) in [5.41, 5.74) is 2.55. The summed E-state index contributed by atoms with van der Waals surface area (Å²) in [6.07, 6.45) is 9.04. The first-order valence-corrected chi connectivity index (χ1v) is 8.14. The van der Waals surface area contributed by atoms with E-state index < -0.39 is 0 Å². The number of benzene rings is 1. The maximum Gasteiger partial charge on any atom is 0.233 e. The van der Waals surface area contributed by atoms with Gasteiger partial charge in [0.2, 0.25) is 5.91 Å². The Labute approximate surface area is 132 Å². The van der Waals surface area contributed by atoms with Crippen LogP contribution in [0.2, 0.25) is 0 Å². The van der Waals surface area contributed by atoms with Crippen LogP contribution >= 0.6 is 0 Å². The minimum absolute atomic E-state index is 0.0375. The standard InChI is InChI=1S/C18H25FN2O/c19-17-8-6-16(7-9-17)10-12-20-14-18(22)21-13-11-15-4-2-1-3-5-15/h4,6-9,20H,1-3,5,10-14H2,(H,21,22). The lowest BCUT2D eigenvalue weighted by Gasteiger charge is -2.13. The van der Waals surface area contributed by atoms with Crippen LogP contribution in [0.15, 0.2) is 35.9 Å². The molecule has 1 aliphatic carbocycles. The van der Waals surface area contributed by atoms with Crippen molar-refractivity contribution in [3.8, 4) is 0 Å². The summed E-state index contributed by atoms with van der Waals surface area (Å²) in [6, 6.07) is 6.47. The number of carbonyl (C=O) groups excluding carboxylic acids is 1. The van der Waals surface area contributed by atoms with E-state index in [4.69, 9.17) is 0 Å². The van der Waals surface area contributed by atoms with Gasteiger partial charge in [-0.2, -0.15) is 0 Å². The summed E-state index contributed by atoms with van der Waals surface area (Å²) < 4.78 is 12.8. The molecule has 0 bridgehead atoms. The summed E-state index contributed by atoms with van der Waals surface area (Å²) in [5.74, 6) is -0.181. The molecule has 0 heterocycles. The molecule has 3 nitrogen and oxygen atoms in total. The van der Waals surface area contributed by atoms with Crippen molar-refractivity contribution in [2.24, 2.45) is 0 Å². The molecule has 4 heteroatoms. The summed E-state index contributed by atoms with van der Waals surface area (Å²) >= 11 is 0. The first-order chi connectivity index (χ1) is 10.7. The second-order valence-corrected chi connectivity index (χ2v) is 5.76. The predicted molar refractivity (Wildman–Crippen MR) is 87.2 cm³/mol. The van der Waals surface area contributed by atoms with Gasteiger partial charge in [-0.3, -0.25) is 4.79 Å². The number of amides is 1. The van der Waals surface area contributed by atoms with E-state index in [0.29, 0.717) is 13.1 Å². The number of nitrogens with one attached hydrogen (secondary N) is 2. The van der Waals surface area contributed by atoms with Gasteiger partial charge in [-0.15, -0.1) is 0 Å². The van der Waals surface area contributed by atoms with E-state index in [1.807, 2.05) is 0 Å². The molecule has 0 fully saturated rings. The Morgan fingerprint density at radius 3 is 2.64 bits per heavy atom. The molecule has 0 saturated carbocycles. The van der Waals surface area contributed by atoms with Gasteiger partial charge in [0, 0.05) is 6.54 Å². The van der Waals surface area contributed by atoms with Crippen molar-refractivity contribution >= 4 is 5.91 Å². The number of hydrogen-bond acceptors (Lipinski definition) is 2. The monoisotopic (exact) mass is 304 g/mol. The van der Waals surface area contributed by atoms with Gasteiger partial charge < -0.3 is 10.6 Å². The van der Waals surface area contributed by atoms with Crippen LogP contribution in [0.3, 0.4) is 0 Å². The van der Waals surface area contributed by atoms with Gasteiger partial charge in [0.05, 0.1) is 6.54 Å². The Balaban J connectivity index is 1.52. The van der Waals surface area contributed by atoms with E-state index >= 15 is 0 Å². The minimum atomic E-state index is -0.218. The Bertz CT molecular complexity index is 496. The summed E-state index contributed by atoms with van der Waals surface area (Å²) in [6.45, 7) is 1.77. The highest BCUT2D eigenvalue weighted by atomic mass is 19.1. The van der Waals surface area contributed by atoms with Crippen LogP contribution in [0.5, 0.6) is 0 Å². The lowest BCUT2D eigenvalue weighted by atomic mass is 9.97. The average Bonchev–Trinajstić information content (AvgIpc) is 2.54. The second-order valence-electron chi connectivity index (χ2n) is 5.76. The first-order valence-electron chi connectivity index (χ1n) is 8.14. The molecule has 22 heavy (non-hydrogen) atoms. The lowest BCUT2D eigenvalue weighted by molar-refractivity contribution is -0.120. The molecule has 0 aromatic heterocycles. The van der Waals surface area contributed by atoms with Crippen molar-refractivity contribution in [1.29, 1.82) is 0 Å². The smallest absolute Gasteiger partial charge is 0.233 e. The molecular weight excluding hydrogens is 279 g/mol. The van der Waals surface area contributed by atoms with Crippen LogP contribution in [0, 0.1) is 5.82 Å². The van der Waals surface area contributed by atoms with E-state index in [-0.39, 0.29) is 11.7 Å². The maximum absolute atomic E-state index is 12.8. The van der Waals surface area contributed by atoms with Gasteiger partial charge in [-0.1, -0.05) is 23.8 Å².